The summed E-state index contributed by atoms with van der Waals surface area (Å²) >= 11 is 5.77. The average molecular weight is 274 g/mol. The molecule has 0 saturated heterocycles. The van der Waals surface area contributed by atoms with Gasteiger partial charge in [0.15, 0.2) is 5.82 Å². The van der Waals surface area contributed by atoms with Crippen LogP contribution in [0.4, 0.5) is 11.5 Å². The molecule has 0 amide bonds. The van der Waals surface area contributed by atoms with Crippen LogP contribution in [0.5, 0.6) is 0 Å². The number of anilines is 2. The third-order valence-corrected chi connectivity index (χ3v) is 2.57. The Bertz CT molecular complexity index is 422. The maximum atomic E-state index is 10.2. The third kappa shape index (κ3) is 4.29. The van der Waals surface area contributed by atoms with Gasteiger partial charge < -0.3 is 21.1 Å². The first-order valence-corrected chi connectivity index (χ1v) is 5.99. The van der Waals surface area contributed by atoms with Crippen LogP contribution in [0.3, 0.4) is 0 Å². The summed E-state index contributed by atoms with van der Waals surface area (Å²) in [6, 6.07) is 0. The molecule has 1 aromatic heterocycles. The zero-order chi connectivity index (χ0) is 13.9. The lowest BCUT2D eigenvalue weighted by molar-refractivity contribution is 0.0459. The Labute approximate surface area is 112 Å². The van der Waals surface area contributed by atoms with Crippen LogP contribution in [-0.2, 0) is 0 Å². The Morgan fingerprint density at radius 1 is 1.44 bits per heavy atom. The van der Waals surface area contributed by atoms with E-state index in [1.165, 1.54) is 0 Å². The molecule has 1 unspecified atom stereocenters. The van der Waals surface area contributed by atoms with Gasteiger partial charge in [-0.15, -0.1) is 0 Å². The van der Waals surface area contributed by atoms with Crippen molar-refractivity contribution in [2.45, 2.75) is 19.4 Å². The first kappa shape index (κ1) is 14.9. The molecule has 7 heteroatoms. The molecule has 0 aliphatic carbocycles. The molecule has 1 heterocycles. The molecule has 0 aromatic carbocycles. The van der Waals surface area contributed by atoms with Crippen molar-refractivity contribution >= 4 is 23.1 Å². The zero-order valence-electron chi connectivity index (χ0n) is 11.2. The molecule has 0 fully saturated rings. The van der Waals surface area contributed by atoms with Crippen molar-refractivity contribution in [3.63, 3.8) is 0 Å². The number of nitrogen functional groups attached to an aromatic ring is 1. The SMILES string of the molecule is Cc1nc(Cl)nc(NCC(C)(O)CN(C)C)c1N. The van der Waals surface area contributed by atoms with Crippen molar-refractivity contribution < 1.29 is 5.11 Å². The quantitative estimate of drug-likeness (QED) is 0.686. The van der Waals surface area contributed by atoms with Gasteiger partial charge in [0.25, 0.3) is 0 Å². The van der Waals surface area contributed by atoms with Crippen molar-refractivity contribution in [3.05, 3.63) is 11.0 Å². The van der Waals surface area contributed by atoms with Gasteiger partial charge in [0.05, 0.1) is 17.0 Å². The summed E-state index contributed by atoms with van der Waals surface area (Å²) in [6.45, 7) is 4.34. The van der Waals surface area contributed by atoms with Crippen molar-refractivity contribution in [1.29, 1.82) is 0 Å². The summed E-state index contributed by atoms with van der Waals surface area (Å²) in [5.41, 5.74) is 6.02. The van der Waals surface area contributed by atoms with Crippen molar-refractivity contribution in [2.75, 3.05) is 38.2 Å². The number of likely N-dealkylation sites (N-methyl/N-ethyl adjacent to an activating group) is 1. The number of nitrogens with two attached hydrogens (primary N) is 1. The molecule has 0 aliphatic heterocycles. The van der Waals surface area contributed by atoms with Crippen molar-refractivity contribution in [3.8, 4) is 0 Å². The van der Waals surface area contributed by atoms with Crippen molar-refractivity contribution in [1.82, 2.24) is 14.9 Å². The summed E-state index contributed by atoms with van der Waals surface area (Å²) < 4.78 is 0. The number of nitrogens with one attached hydrogen (secondary N) is 1. The Morgan fingerprint density at radius 3 is 2.61 bits per heavy atom. The van der Waals surface area contributed by atoms with E-state index < -0.39 is 5.60 Å². The summed E-state index contributed by atoms with van der Waals surface area (Å²) in [7, 11) is 3.79. The number of aromatic nitrogens is 2. The zero-order valence-corrected chi connectivity index (χ0v) is 11.9. The fraction of sp³-hybridized carbons (Fsp3) is 0.636. The second-order valence-corrected chi connectivity index (χ2v) is 5.27. The monoisotopic (exact) mass is 273 g/mol. The number of aliphatic hydroxyl groups is 1. The molecule has 0 aliphatic rings. The third-order valence-electron chi connectivity index (χ3n) is 2.40. The average Bonchev–Trinajstić information content (AvgIpc) is 2.19. The van der Waals surface area contributed by atoms with E-state index in [-0.39, 0.29) is 5.28 Å². The van der Waals surface area contributed by atoms with Gasteiger partial charge in [-0.25, -0.2) is 4.98 Å². The Balaban J connectivity index is 2.74. The van der Waals surface area contributed by atoms with Crippen LogP contribution in [0.25, 0.3) is 0 Å². The summed E-state index contributed by atoms with van der Waals surface area (Å²) in [6.07, 6.45) is 0. The Hall–Kier alpha value is -1.11. The molecule has 0 radical (unpaired) electrons. The highest BCUT2D eigenvalue weighted by Crippen LogP contribution is 2.21. The van der Waals surface area contributed by atoms with Crippen molar-refractivity contribution in [2.24, 2.45) is 0 Å². The van der Waals surface area contributed by atoms with Crippen LogP contribution >= 0.6 is 11.6 Å². The van der Waals surface area contributed by atoms with Crippen LogP contribution in [0.2, 0.25) is 5.28 Å². The van der Waals surface area contributed by atoms with Crippen LogP contribution < -0.4 is 11.1 Å². The van der Waals surface area contributed by atoms with Gasteiger partial charge in [-0.2, -0.15) is 4.98 Å². The minimum atomic E-state index is -0.888. The fourth-order valence-corrected chi connectivity index (χ4v) is 1.90. The van der Waals surface area contributed by atoms with Gasteiger partial charge in [-0.1, -0.05) is 0 Å². The topological polar surface area (TPSA) is 87.3 Å². The lowest BCUT2D eigenvalue weighted by Gasteiger charge is -2.27. The van der Waals surface area contributed by atoms with Crippen LogP contribution in [0.15, 0.2) is 0 Å². The number of aryl methyl sites for hydroxylation is 1. The van der Waals surface area contributed by atoms with E-state index in [1.54, 1.807) is 13.8 Å². The molecule has 0 spiro atoms. The first-order chi connectivity index (χ1) is 8.21. The number of halogens is 1. The molecular formula is C11H20ClN5O. The van der Waals surface area contributed by atoms with Gasteiger partial charge in [0.2, 0.25) is 5.28 Å². The van der Waals surface area contributed by atoms with Crippen LogP contribution in [0.1, 0.15) is 12.6 Å². The summed E-state index contributed by atoms with van der Waals surface area (Å²) in [4.78, 5) is 9.86. The standard InChI is InChI=1S/C11H20ClN5O/c1-7-8(13)9(16-10(12)15-7)14-5-11(2,18)6-17(3)4/h18H,5-6,13H2,1-4H3,(H,14,15,16). The number of hydrogen-bond acceptors (Lipinski definition) is 6. The van der Waals surface area contributed by atoms with E-state index in [4.69, 9.17) is 17.3 Å². The van der Waals surface area contributed by atoms with Gasteiger partial charge in [0.1, 0.15) is 0 Å². The summed E-state index contributed by atoms with van der Waals surface area (Å²) in [5.74, 6) is 0.450. The smallest absolute Gasteiger partial charge is 0.224 e. The molecule has 0 bridgehead atoms. The van der Waals surface area contributed by atoms with Gasteiger partial charge in [-0.3, -0.25) is 0 Å². The first-order valence-electron chi connectivity index (χ1n) is 5.62. The Kier molecular flexibility index (Phi) is 4.72. The molecular weight excluding hydrogens is 254 g/mol. The maximum absolute atomic E-state index is 10.2. The van der Waals surface area contributed by atoms with E-state index >= 15 is 0 Å². The highest BCUT2D eigenvalue weighted by Gasteiger charge is 2.22. The highest BCUT2D eigenvalue weighted by molar-refractivity contribution is 6.28. The predicted molar refractivity (Wildman–Crippen MR) is 73.9 cm³/mol. The van der Waals surface area contributed by atoms with E-state index in [0.717, 1.165) is 0 Å². The molecule has 0 saturated carbocycles. The highest BCUT2D eigenvalue weighted by atomic mass is 35.5. The minimum absolute atomic E-state index is 0.136. The van der Waals surface area contributed by atoms with E-state index in [0.29, 0.717) is 30.3 Å². The molecule has 1 rings (SSSR count). The second kappa shape index (κ2) is 5.69. The minimum Gasteiger partial charge on any atom is -0.394 e. The van der Waals surface area contributed by atoms with E-state index in [9.17, 15) is 5.11 Å². The molecule has 18 heavy (non-hydrogen) atoms. The van der Waals surface area contributed by atoms with Gasteiger partial charge in [0, 0.05) is 13.1 Å². The molecule has 6 nitrogen and oxygen atoms in total. The van der Waals surface area contributed by atoms with E-state index in [1.807, 2.05) is 19.0 Å². The fourth-order valence-electron chi connectivity index (χ4n) is 1.69. The largest absolute Gasteiger partial charge is 0.394 e. The molecule has 1 atom stereocenters. The van der Waals surface area contributed by atoms with Gasteiger partial charge in [-0.05, 0) is 39.5 Å². The molecule has 102 valence electrons. The van der Waals surface area contributed by atoms with E-state index in [2.05, 4.69) is 15.3 Å². The Morgan fingerprint density at radius 2 is 2.06 bits per heavy atom. The number of hydrogen-bond donors (Lipinski definition) is 3. The maximum Gasteiger partial charge on any atom is 0.224 e. The normalized spacial score (nSPS) is 14.6. The van der Waals surface area contributed by atoms with Crippen LogP contribution in [-0.4, -0.2) is 52.8 Å². The molecule has 1 aromatic rings. The molecule has 4 N–H and O–H groups in total. The van der Waals surface area contributed by atoms with Gasteiger partial charge >= 0.3 is 0 Å². The second-order valence-electron chi connectivity index (χ2n) is 4.93. The lowest BCUT2D eigenvalue weighted by atomic mass is 10.1. The number of rotatable bonds is 5. The predicted octanol–water partition coefficient (Wildman–Crippen LogP) is 0.745. The van der Waals surface area contributed by atoms with Crippen LogP contribution in [0, 0.1) is 6.92 Å². The summed E-state index contributed by atoms with van der Waals surface area (Å²) in [5, 5.41) is 13.3. The lowest BCUT2D eigenvalue weighted by Crippen LogP contribution is -2.43. The number of nitrogens with zero attached hydrogens (tertiary/aromatic N) is 3.